The summed E-state index contributed by atoms with van der Waals surface area (Å²) in [6.07, 6.45) is -1.61. The van der Waals surface area contributed by atoms with Gasteiger partial charge < -0.3 is 23.7 Å². The molecule has 0 aromatic heterocycles. The molecule has 1 saturated heterocycles. The number of hydrogen-bond donors (Lipinski definition) is 1. The summed E-state index contributed by atoms with van der Waals surface area (Å²) in [6.45, 7) is 4.34. The molecule has 12 nitrogen and oxygen atoms in total. The van der Waals surface area contributed by atoms with Gasteiger partial charge in [0.05, 0.1) is 30.8 Å². The molecule has 5 rings (SSSR count). The van der Waals surface area contributed by atoms with Crippen LogP contribution in [0, 0.1) is 41.4 Å². The van der Waals surface area contributed by atoms with Gasteiger partial charge in [-0.15, -0.1) is 0 Å². The van der Waals surface area contributed by atoms with Gasteiger partial charge in [0, 0.05) is 17.8 Å². The van der Waals surface area contributed by atoms with Crippen LogP contribution in [0.3, 0.4) is 0 Å². The zero-order chi connectivity index (χ0) is 30.7. The summed E-state index contributed by atoms with van der Waals surface area (Å²) in [5.74, 6) is -5.03. The van der Waals surface area contributed by atoms with Gasteiger partial charge in [-0.2, -0.15) is 17.2 Å². The molecular weight excluding hydrogens is 586 g/mol. The van der Waals surface area contributed by atoms with E-state index in [0.29, 0.717) is 25.2 Å². The van der Waals surface area contributed by atoms with Crippen LogP contribution in [-0.4, -0.2) is 72.8 Å². The fourth-order valence-electron chi connectivity index (χ4n) is 7.46. The largest absolute Gasteiger partial charge is 0.458 e. The number of rotatable bonds is 12. The highest BCUT2D eigenvalue weighted by Gasteiger charge is 2.70. The second-order valence-corrected chi connectivity index (χ2v) is 14.0. The van der Waals surface area contributed by atoms with Crippen LogP contribution in [0.15, 0.2) is 0 Å². The van der Waals surface area contributed by atoms with Gasteiger partial charge in [-0.1, -0.05) is 13.8 Å². The molecule has 11 atom stereocenters. The first-order valence-electron chi connectivity index (χ1n) is 14.4. The van der Waals surface area contributed by atoms with E-state index in [4.69, 9.17) is 23.5 Å². The van der Waals surface area contributed by atoms with E-state index in [1.165, 1.54) is 6.42 Å². The predicted molar refractivity (Wildman–Crippen MR) is 135 cm³/mol. The lowest BCUT2D eigenvalue weighted by Gasteiger charge is -2.33. The lowest BCUT2D eigenvalue weighted by molar-refractivity contribution is -0.214. The fourth-order valence-corrected chi connectivity index (χ4v) is 7.92. The van der Waals surface area contributed by atoms with Gasteiger partial charge in [0.25, 0.3) is 0 Å². The van der Waals surface area contributed by atoms with Gasteiger partial charge in [0.1, 0.15) is 12.2 Å². The van der Waals surface area contributed by atoms with Crippen molar-refractivity contribution >= 4 is 34.0 Å². The summed E-state index contributed by atoms with van der Waals surface area (Å²) in [4.78, 5) is 50.7. The third-order valence-electron chi connectivity index (χ3n) is 9.50. The minimum Gasteiger partial charge on any atom is -0.458 e. The monoisotopic (exact) mass is 622 g/mol. The summed E-state index contributed by atoms with van der Waals surface area (Å²) in [5.41, 5.74) is 0. The summed E-state index contributed by atoms with van der Waals surface area (Å²) in [6, 6.07) is 0. The first-order valence-corrected chi connectivity index (χ1v) is 15.8. The maximum Gasteiger partial charge on any atom is 0.405 e. The molecular formula is C27H36F2O12S. The van der Waals surface area contributed by atoms with Crippen molar-refractivity contribution in [3.8, 4) is 0 Å². The maximum absolute atomic E-state index is 13.6. The van der Waals surface area contributed by atoms with E-state index in [-0.39, 0.29) is 17.9 Å². The van der Waals surface area contributed by atoms with Gasteiger partial charge in [-0.05, 0) is 50.9 Å². The Hall–Kier alpha value is -2.39. The highest BCUT2D eigenvalue weighted by molar-refractivity contribution is 7.86. The van der Waals surface area contributed by atoms with Gasteiger partial charge >= 0.3 is 39.2 Å². The molecule has 4 saturated carbocycles. The van der Waals surface area contributed by atoms with Crippen LogP contribution in [0.1, 0.15) is 65.7 Å². The van der Waals surface area contributed by atoms with E-state index >= 15 is 0 Å². The average Bonchev–Trinajstić information content (AvgIpc) is 3.69. The van der Waals surface area contributed by atoms with Crippen molar-refractivity contribution in [2.45, 2.75) is 102 Å². The molecule has 0 radical (unpaired) electrons. The number of alkyl halides is 2. The summed E-state index contributed by atoms with van der Waals surface area (Å²) < 4.78 is 85.0. The standard InChI is InChI=1S/C27H36F2O12S/c1-11(2)26(38-17-9-13-4-5-14(17)8-13)41-25(33)21-15-10-16-20(21)24(32)40-23(16)22(15)39-19(31)7-6-18(30)37-12(3)27(28,29)42(34,35)36/h11-17,20-23,26H,4-10H2,1-3H3,(H,34,35,36). The number of halogens is 2. The number of carbonyl (C=O) groups is 4. The van der Waals surface area contributed by atoms with Gasteiger partial charge in [-0.25, -0.2) is 0 Å². The van der Waals surface area contributed by atoms with Crippen molar-refractivity contribution in [1.29, 1.82) is 0 Å². The number of ether oxygens (including phenoxy) is 5. The van der Waals surface area contributed by atoms with Crippen molar-refractivity contribution in [3.63, 3.8) is 0 Å². The number of esters is 4. The lowest BCUT2D eigenvalue weighted by atomic mass is 9.78. The molecule has 0 amide bonds. The first-order chi connectivity index (χ1) is 19.6. The Kier molecular flexibility index (Phi) is 8.33. The second-order valence-electron chi connectivity index (χ2n) is 12.5. The zero-order valence-electron chi connectivity index (χ0n) is 23.5. The van der Waals surface area contributed by atoms with Crippen LogP contribution in [0.4, 0.5) is 8.78 Å². The van der Waals surface area contributed by atoms with Crippen molar-refractivity contribution < 1.29 is 64.6 Å². The van der Waals surface area contributed by atoms with E-state index in [2.05, 4.69) is 4.74 Å². The minimum absolute atomic E-state index is 0.0208. The molecule has 4 bridgehead atoms. The fraction of sp³-hybridized carbons (Fsp3) is 0.852. The molecule has 5 fully saturated rings. The maximum atomic E-state index is 13.6. The molecule has 236 valence electrons. The normalized spacial score (nSPS) is 36.2. The zero-order valence-corrected chi connectivity index (χ0v) is 24.3. The van der Waals surface area contributed by atoms with Crippen molar-refractivity contribution in [3.05, 3.63) is 0 Å². The predicted octanol–water partition coefficient (Wildman–Crippen LogP) is 2.63. The number of fused-ring (bicyclic) bond motifs is 3. The molecule has 5 aliphatic rings. The van der Waals surface area contributed by atoms with Gasteiger partial charge in [0.15, 0.2) is 6.10 Å². The molecule has 0 aromatic carbocycles. The third kappa shape index (κ3) is 5.63. The Balaban J connectivity index is 1.18. The van der Waals surface area contributed by atoms with Crippen LogP contribution in [0.25, 0.3) is 0 Å². The van der Waals surface area contributed by atoms with E-state index in [1.54, 1.807) is 0 Å². The Morgan fingerprint density at radius 1 is 1.02 bits per heavy atom. The minimum atomic E-state index is -5.83. The lowest BCUT2D eigenvalue weighted by Crippen LogP contribution is -2.45. The Morgan fingerprint density at radius 3 is 2.31 bits per heavy atom. The average molecular weight is 623 g/mol. The van der Waals surface area contributed by atoms with Gasteiger partial charge in [0.2, 0.25) is 6.29 Å². The Morgan fingerprint density at radius 2 is 1.71 bits per heavy atom. The van der Waals surface area contributed by atoms with Crippen LogP contribution in [0.5, 0.6) is 0 Å². The van der Waals surface area contributed by atoms with Crippen LogP contribution in [-0.2, 0) is 53.0 Å². The SMILES string of the molecule is CC(C)C(OC(=O)C1C2CC3C(OC(=O)C31)C2OC(=O)CCC(=O)OC(C)C(F)(F)S(=O)(=O)O)OC1CC2CCC1C2. The van der Waals surface area contributed by atoms with E-state index in [9.17, 15) is 36.4 Å². The molecule has 0 spiro atoms. The van der Waals surface area contributed by atoms with E-state index in [1.807, 2.05) is 13.8 Å². The molecule has 0 aromatic rings. The van der Waals surface area contributed by atoms with Crippen molar-refractivity contribution in [2.75, 3.05) is 0 Å². The quantitative estimate of drug-likeness (QED) is 0.146. The highest BCUT2D eigenvalue weighted by atomic mass is 32.2. The van der Waals surface area contributed by atoms with Gasteiger partial charge in [-0.3, -0.25) is 23.7 Å². The van der Waals surface area contributed by atoms with Crippen LogP contribution < -0.4 is 0 Å². The number of carbonyl (C=O) groups excluding carboxylic acids is 4. The third-order valence-corrected chi connectivity index (χ3v) is 10.5. The first kappa shape index (κ1) is 31.0. The highest BCUT2D eigenvalue weighted by Crippen LogP contribution is 2.59. The molecule has 1 N–H and O–H groups in total. The smallest absolute Gasteiger partial charge is 0.405 e. The molecule has 1 aliphatic heterocycles. The summed E-state index contributed by atoms with van der Waals surface area (Å²) in [5, 5.41) is -4.74. The molecule has 4 aliphatic carbocycles. The van der Waals surface area contributed by atoms with Crippen LogP contribution in [0.2, 0.25) is 0 Å². The number of hydrogen-bond acceptors (Lipinski definition) is 11. The summed E-state index contributed by atoms with van der Waals surface area (Å²) in [7, 11) is -5.83. The van der Waals surface area contributed by atoms with Crippen molar-refractivity contribution in [1.82, 2.24) is 0 Å². The summed E-state index contributed by atoms with van der Waals surface area (Å²) >= 11 is 0. The Labute approximate surface area is 241 Å². The van der Waals surface area contributed by atoms with E-state index < -0.39 is 94.4 Å². The molecule has 15 heteroatoms. The van der Waals surface area contributed by atoms with Crippen molar-refractivity contribution in [2.24, 2.45) is 41.4 Å². The second kappa shape index (κ2) is 11.3. The molecule has 42 heavy (non-hydrogen) atoms. The van der Waals surface area contributed by atoms with E-state index in [0.717, 1.165) is 19.3 Å². The topological polar surface area (TPSA) is 169 Å². The van der Waals surface area contributed by atoms with Crippen LogP contribution >= 0.6 is 0 Å². The molecule has 1 heterocycles. The Bertz CT molecular complexity index is 1220. The molecule has 11 unspecified atom stereocenters.